The Balaban J connectivity index is 2.08. The molecule has 0 fully saturated rings. The zero-order valence-corrected chi connectivity index (χ0v) is 12.1. The molecule has 0 radical (unpaired) electrons. The van der Waals surface area contributed by atoms with Gasteiger partial charge in [0.1, 0.15) is 5.75 Å². The van der Waals surface area contributed by atoms with Crippen LogP contribution in [0, 0.1) is 10.1 Å². The number of carbonyl (C=O) groups excluding carboxylic acids is 1. The fourth-order valence-corrected chi connectivity index (χ4v) is 1.76. The minimum absolute atomic E-state index is 0.359. The molecule has 8 heteroatoms. The van der Waals surface area contributed by atoms with E-state index in [0.29, 0.717) is 16.9 Å². The highest BCUT2D eigenvalue weighted by atomic mass is 16.6. The van der Waals surface area contributed by atoms with Crippen molar-refractivity contribution >= 4 is 17.8 Å². The van der Waals surface area contributed by atoms with E-state index in [4.69, 9.17) is 4.74 Å². The van der Waals surface area contributed by atoms with Crippen molar-refractivity contribution < 1.29 is 19.6 Å². The summed E-state index contributed by atoms with van der Waals surface area (Å²) >= 11 is 0. The molecular weight excluding hydrogens is 302 g/mol. The number of methoxy groups -OCH3 is 1. The maximum absolute atomic E-state index is 11.9. The predicted molar refractivity (Wildman–Crippen MR) is 82.8 cm³/mol. The molecule has 0 aliphatic carbocycles. The molecule has 23 heavy (non-hydrogen) atoms. The maximum Gasteiger partial charge on any atom is 0.311 e. The number of amides is 1. The Labute approximate surface area is 131 Å². The van der Waals surface area contributed by atoms with Crippen LogP contribution in [-0.2, 0) is 0 Å². The Kier molecular flexibility index (Phi) is 4.88. The van der Waals surface area contributed by atoms with Crippen molar-refractivity contribution in [2.75, 3.05) is 7.11 Å². The summed E-state index contributed by atoms with van der Waals surface area (Å²) in [5.74, 6) is -0.350. The van der Waals surface area contributed by atoms with Crippen LogP contribution in [0.3, 0.4) is 0 Å². The molecule has 2 N–H and O–H groups in total. The minimum atomic E-state index is -0.707. The molecule has 0 saturated carbocycles. The number of nitrogens with one attached hydrogen (secondary N) is 1. The second kappa shape index (κ2) is 7.03. The number of aromatic hydroxyl groups is 1. The fraction of sp³-hybridized carbons (Fsp3) is 0.0667. The average molecular weight is 315 g/mol. The second-order valence-corrected chi connectivity index (χ2v) is 4.44. The standard InChI is InChI=1S/C15H13N3O5/c1-23-12-4-2-3-11(8-12)15(20)17-16-9-10-5-6-14(19)13(7-10)18(21)22/h2-9,19H,1H3,(H,17,20)/b16-9+. The van der Waals surface area contributed by atoms with E-state index >= 15 is 0 Å². The lowest BCUT2D eigenvalue weighted by Gasteiger charge is -2.03. The van der Waals surface area contributed by atoms with Gasteiger partial charge >= 0.3 is 5.69 Å². The third-order valence-corrected chi connectivity index (χ3v) is 2.91. The number of nitrogens with zero attached hydrogens (tertiary/aromatic N) is 2. The first-order valence-electron chi connectivity index (χ1n) is 6.46. The van der Waals surface area contributed by atoms with Crippen LogP contribution in [0.5, 0.6) is 11.5 Å². The van der Waals surface area contributed by atoms with Crippen LogP contribution in [0.4, 0.5) is 5.69 Å². The van der Waals surface area contributed by atoms with Gasteiger partial charge in [0, 0.05) is 17.2 Å². The van der Waals surface area contributed by atoms with Gasteiger partial charge in [0.2, 0.25) is 0 Å². The van der Waals surface area contributed by atoms with E-state index in [9.17, 15) is 20.0 Å². The van der Waals surface area contributed by atoms with Crippen LogP contribution >= 0.6 is 0 Å². The monoisotopic (exact) mass is 315 g/mol. The number of phenolic OH excluding ortho intramolecular Hbond substituents is 1. The Morgan fingerprint density at radius 1 is 1.35 bits per heavy atom. The lowest BCUT2D eigenvalue weighted by atomic mass is 10.2. The van der Waals surface area contributed by atoms with E-state index in [1.807, 2.05) is 0 Å². The molecule has 0 unspecified atom stereocenters. The first-order valence-corrected chi connectivity index (χ1v) is 6.46. The van der Waals surface area contributed by atoms with E-state index in [2.05, 4.69) is 10.5 Å². The maximum atomic E-state index is 11.9. The number of nitro groups is 1. The van der Waals surface area contributed by atoms with Crippen LogP contribution in [0.2, 0.25) is 0 Å². The predicted octanol–water partition coefficient (Wildman–Crippen LogP) is 2.07. The Hall–Kier alpha value is -3.42. The average Bonchev–Trinajstić information content (AvgIpc) is 2.56. The Bertz CT molecular complexity index is 773. The largest absolute Gasteiger partial charge is 0.502 e. The van der Waals surface area contributed by atoms with Crippen molar-refractivity contribution in [3.8, 4) is 11.5 Å². The van der Waals surface area contributed by atoms with Crippen molar-refractivity contribution in [3.05, 3.63) is 63.7 Å². The van der Waals surface area contributed by atoms with Crippen molar-refractivity contribution in [2.24, 2.45) is 5.10 Å². The lowest BCUT2D eigenvalue weighted by molar-refractivity contribution is -0.385. The smallest absolute Gasteiger partial charge is 0.311 e. The number of hydrogen-bond acceptors (Lipinski definition) is 6. The van der Waals surface area contributed by atoms with Gasteiger partial charge in [-0.2, -0.15) is 5.10 Å². The topological polar surface area (TPSA) is 114 Å². The summed E-state index contributed by atoms with van der Waals surface area (Å²) < 4.78 is 5.02. The number of carbonyl (C=O) groups is 1. The summed E-state index contributed by atoms with van der Waals surface area (Å²) in [6, 6.07) is 10.3. The first kappa shape index (κ1) is 16.0. The zero-order chi connectivity index (χ0) is 16.8. The van der Waals surface area contributed by atoms with Gasteiger partial charge < -0.3 is 9.84 Å². The normalized spacial score (nSPS) is 10.5. The molecule has 0 saturated heterocycles. The molecule has 0 aliphatic heterocycles. The molecule has 1 amide bonds. The third kappa shape index (κ3) is 4.03. The lowest BCUT2D eigenvalue weighted by Crippen LogP contribution is -2.17. The van der Waals surface area contributed by atoms with E-state index in [-0.39, 0.29) is 0 Å². The molecule has 2 aromatic carbocycles. The number of hydrogen-bond donors (Lipinski definition) is 2. The number of hydrazone groups is 1. The minimum Gasteiger partial charge on any atom is -0.502 e. The number of ether oxygens (including phenoxy) is 1. The van der Waals surface area contributed by atoms with Crippen LogP contribution in [0.15, 0.2) is 47.6 Å². The molecule has 8 nitrogen and oxygen atoms in total. The van der Waals surface area contributed by atoms with Crippen molar-refractivity contribution in [1.82, 2.24) is 5.43 Å². The van der Waals surface area contributed by atoms with Gasteiger partial charge in [-0.25, -0.2) is 5.43 Å². The quantitative estimate of drug-likeness (QED) is 0.498. The van der Waals surface area contributed by atoms with Crippen LogP contribution in [0.25, 0.3) is 0 Å². The van der Waals surface area contributed by atoms with E-state index in [1.165, 1.54) is 25.5 Å². The van der Waals surface area contributed by atoms with Crippen LogP contribution in [0.1, 0.15) is 15.9 Å². The van der Waals surface area contributed by atoms with Gasteiger partial charge in [0.05, 0.1) is 18.2 Å². The number of rotatable bonds is 5. The van der Waals surface area contributed by atoms with Crippen LogP contribution < -0.4 is 10.2 Å². The van der Waals surface area contributed by atoms with E-state index in [1.54, 1.807) is 24.3 Å². The van der Waals surface area contributed by atoms with E-state index in [0.717, 1.165) is 6.07 Å². The fourth-order valence-electron chi connectivity index (χ4n) is 1.76. The van der Waals surface area contributed by atoms with Gasteiger partial charge in [0.25, 0.3) is 5.91 Å². The molecule has 0 heterocycles. The van der Waals surface area contributed by atoms with Gasteiger partial charge in [-0.05, 0) is 30.3 Å². The SMILES string of the molecule is COc1cccc(C(=O)N/N=C/c2ccc(O)c([N+](=O)[O-])c2)c1. The van der Waals surface area contributed by atoms with Gasteiger partial charge in [-0.3, -0.25) is 14.9 Å². The molecule has 2 aromatic rings. The Morgan fingerprint density at radius 3 is 2.83 bits per heavy atom. The summed E-state index contributed by atoms with van der Waals surface area (Å²) in [7, 11) is 1.49. The molecule has 0 atom stereocenters. The highest BCUT2D eigenvalue weighted by Gasteiger charge is 2.12. The third-order valence-electron chi connectivity index (χ3n) is 2.91. The summed E-state index contributed by atoms with van der Waals surface area (Å²) in [5.41, 5.74) is 2.59. The summed E-state index contributed by atoms with van der Waals surface area (Å²) in [6.45, 7) is 0. The Morgan fingerprint density at radius 2 is 2.13 bits per heavy atom. The van der Waals surface area contributed by atoms with Crippen molar-refractivity contribution in [1.29, 1.82) is 0 Å². The number of benzene rings is 2. The molecule has 0 spiro atoms. The van der Waals surface area contributed by atoms with Crippen molar-refractivity contribution in [3.63, 3.8) is 0 Å². The second-order valence-electron chi connectivity index (χ2n) is 4.44. The molecular formula is C15H13N3O5. The van der Waals surface area contributed by atoms with Gasteiger partial charge in [0.15, 0.2) is 5.75 Å². The summed E-state index contributed by atoms with van der Waals surface area (Å²) in [6.07, 6.45) is 1.24. The van der Waals surface area contributed by atoms with E-state index < -0.39 is 22.3 Å². The number of nitro benzene ring substituents is 1. The summed E-state index contributed by atoms with van der Waals surface area (Å²) in [5, 5.41) is 23.8. The molecule has 2 rings (SSSR count). The first-order chi connectivity index (χ1) is 11.0. The molecule has 0 bridgehead atoms. The zero-order valence-electron chi connectivity index (χ0n) is 12.1. The summed E-state index contributed by atoms with van der Waals surface area (Å²) in [4.78, 5) is 21.9. The molecule has 0 aromatic heterocycles. The molecule has 0 aliphatic rings. The van der Waals surface area contributed by atoms with Gasteiger partial charge in [-0.1, -0.05) is 6.07 Å². The van der Waals surface area contributed by atoms with Crippen LogP contribution in [-0.4, -0.2) is 29.3 Å². The highest BCUT2D eigenvalue weighted by molar-refractivity contribution is 5.95. The molecule has 118 valence electrons. The van der Waals surface area contributed by atoms with Crippen molar-refractivity contribution in [2.45, 2.75) is 0 Å². The number of phenols is 1. The van der Waals surface area contributed by atoms with Gasteiger partial charge in [-0.15, -0.1) is 0 Å². The highest BCUT2D eigenvalue weighted by Crippen LogP contribution is 2.25.